The van der Waals surface area contributed by atoms with Crippen LogP contribution in [-0.2, 0) is 27.4 Å². The number of benzene rings is 2. The van der Waals surface area contributed by atoms with Gasteiger partial charge in [0.05, 0.1) is 22.2 Å². The third-order valence-electron chi connectivity index (χ3n) is 4.46. The molecule has 0 aromatic heterocycles. The maximum Gasteiger partial charge on any atom is 0.416 e. The first kappa shape index (κ1) is 20.3. The van der Waals surface area contributed by atoms with Crippen molar-refractivity contribution < 1.29 is 26.3 Å². The molecule has 1 aliphatic rings. The number of rotatable bonds is 4. The van der Waals surface area contributed by atoms with Crippen LogP contribution < -0.4 is 0 Å². The van der Waals surface area contributed by atoms with E-state index in [1.54, 1.807) is 19.1 Å². The van der Waals surface area contributed by atoms with Gasteiger partial charge in [-0.1, -0.05) is 35.9 Å². The minimum absolute atomic E-state index is 0.000644. The number of alkyl halides is 3. The highest BCUT2D eigenvalue weighted by Gasteiger charge is 2.34. The Bertz CT molecular complexity index is 983. The van der Waals surface area contributed by atoms with E-state index < -0.39 is 27.8 Å². The van der Waals surface area contributed by atoms with Crippen molar-refractivity contribution in [2.45, 2.75) is 37.4 Å². The van der Waals surface area contributed by atoms with Crippen LogP contribution in [0.2, 0.25) is 0 Å². The molecule has 1 atom stereocenters. The van der Waals surface area contributed by atoms with Gasteiger partial charge in [0.2, 0.25) is 0 Å². The summed E-state index contributed by atoms with van der Waals surface area (Å²) >= 11 is 0. The van der Waals surface area contributed by atoms with E-state index in [0.717, 1.165) is 17.7 Å². The Morgan fingerprint density at radius 2 is 1.82 bits per heavy atom. The Balaban J connectivity index is 1.96. The smallest absolute Gasteiger partial charge is 0.416 e. The Kier molecular flexibility index (Phi) is 5.43. The molecule has 0 bridgehead atoms. The molecule has 0 N–H and O–H groups in total. The number of ether oxygens (including phenoxy) is 1. The molecule has 0 saturated carbocycles. The topological polar surface area (TPSA) is 46.6 Å². The van der Waals surface area contributed by atoms with Crippen LogP contribution in [0.4, 0.5) is 13.2 Å². The maximum absolute atomic E-state index is 13.2. The molecule has 0 unspecified atom stereocenters. The van der Waals surface area contributed by atoms with Gasteiger partial charge in [-0.3, -0.25) is 4.31 Å². The minimum atomic E-state index is -4.46. The number of hydrogen-bond acceptors (Lipinski definition) is 3. The van der Waals surface area contributed by atoms with Gasteiger partial charge in [-0.05, 0) is 37.6 Å². The summed E-state index contributed by atoms with van der Waals surface area (Å²) in [6.07, 6.45) is -3.15. The molecule has 2 aromatic rings. The highest BCUT2D eigenvalue weighted by atomic mass is 32.2. The number of nitrogens with zero attached hydrogens (tertiary/aromatic N) is 1. The molecule has 1 heterocycles. The molecule has 8 heteroatoms. The van der Waals surface area contributed by atoms with Gasteiger partial charge in [-0.25, -0.2) is 8.42 Å². The fraction of sp³-hybridized carbons (Fsp3) is 0.300. The lowest BCUT2D eigenvalue weighted by molar-refractivity contribution is -0.137. The van der Waals surface area contributed by atoms with Crippen LogP contribution in [0.25, 0.3) is 0 Å². The van der Waals surface area contributed by atoms with Crippen LogP contribution in [0, 0.1) is 6.92 Å². The molecule has 0 radical (unpaired) electrons. The van der Waals surface area contributed by atoms with Crippen molar-refractivity contribution in [2.24, 2.45) is 0 Å². The van der Waals surface area contributed by atoms with Crippen LogP contribution in [0.5, 0.6) is 0 Å². The lowest BCUT2D eigenvalue weighted by Crippen LogP contribution is -2.43. The average molecular weight is 411 g/mol. The Morgan fingerprint density at radius 3 is 2.46 bits per heavy atom. The first-order chi connectivity index (χ1) is 13.1. The van der Waals surface area contributed by atoms with Crippen molar-refractivity contribution in [2.75, 3.05) is 6.61 Å². The second-order valence-electron chi connectivity index (χ2n) is 6.78. The SMILES string of the molecule is Cc1ccc(S(=O)(=O)N2C(Cc3cccc(C(F)(F)F)c3)=COC[C@@H]2C)cc1. The third kappa shape index (κ3) is 4.16. The van der Waals surface area contributed by atoms with Gasteiger partial charge in [-0.2, -0.15) is 13.2 Å². The summed E-state index contributed by atoms with van der Waals surface area (Å²) in [6, 6.07) is 10.8. The Hall–Kier alpha value is -2.48. The average Bonchev–Trinajstić information content (AvgIpc) is 2.61. The van der Waals surface area contributed by atoms with Crippen LogP contribution in [-0.4, -0.2) is 25.4 Å². The molecule has 0 fully saturated rings. The van der Waals surface area contributed by atoms with Crippen molar-refractivity contribution in [3.05, 3.63) is 77.2 Å². The molecule has 1 aliphatic heterocycles. The van der Waals surface area contributed by atoms with Crippen molar-refractivity contribution in [3.8, 4) is 0 Å². The van der Waals surface area contributed by atoms with E-state index in [-0.39, 0.29) is 17.9 Å². The fourth-order valence-electron chi connectivity index (χ4n) is 3.09. The fourth-order valence-corrected chi connectivity index (χ4v) is 4.75. The largest absolute Gasteiger partial charge is 0.497 e. The van der Waals surface area contributed by atoms with Gasteiger partial charge in [0.15, 0.2) is 0 Å². The molecule has 0 saturated heterocycles. The number of sulfonamides is 1. The zero-order valence-electron chi connectivity index (χ0n) is 15.4. The number of aryl methyl sites for hydroxylation is 1. The first-order valence-corrected chi connectivity index (χ1v) is 10.1. The molecular formula is C20H20F3NO3S. The van der Waals surface area contributed by atoms with Crippen LogP contribution in [0.3, 0.4) is 0 Å². The highest BCUT2D eigenvalue weighted by Crippen LogP contribution is 2.32. The number of hydrogen-bond donors (Lipinski definition) is 0. The van der Waals surface area contributed by atoms with Crippen LogP contribution in [0.15, 0.2) is 65.4 Å². The molecule has 28 heavy (non-hydrogen) atoms. The molecule has 0 spiro atoms. The predicted molar refractivity (Wildman–Crippen MR) is 98.8 cm³/mol. The van der Waals surface area contributed by atoms with Crippen LogP contribution >= 0.6 is 0 Å². The lowest BCUT2D eigenvalue weighted by atomic mass is 10.1. The molecular weight excluding hydrogens is 391 g/mol. The van der Waals surface area contributed by atoms with E-state index in [1.807, 2.05) is 6.92 Å². The standard InChI is InChI=1S/C20H20F3NO3S/c1-14-6-8-19(9-7-14)28(25,26)24-15(2)12-27-13-18(24)11-16-4-3-5-17(10-16)20(21,22)23/h3-10,13,15H,11-12H2,1-2H3/t15-/m0/s1. The summed E-state index contributed by atoms with van der Waals surface area (Å²) in [5, 5.41) is 0. The zero-order valence-corrected chi connectivity index (χ0v) is 16.2. The summed E-state index contributed by atoms with van der Waals surface area (Å²) in [4.78, 5) is 0.127. The van der Waals surface area contributed by atoms with E-state index >= 15 is 0 Å². The summed E-state index contributed by atoms with van der Waals surface area (Å²) < 4.78 is 71.9. The van der Waals surface area contributed by atoms with E-state index in [1.165, 1.54) is 34.8 Å². The van der Waals surface area contributed by atoms with E-state index in [9.17, 15) is 21.6 Å². The Morgan fingerprint density at radius 1 is 1.14 bits per heavy atom. The van der Waals surface area contributed by atoms with Gasteiger partial charge in [0.1, 0.15) is 12.9 Å². The first-order valence-electron chi connectivity index (χ1n) is 8.67. The summed E-state index contributed by atoms with van der Waals surface area (Å²) in [7, 11) is -3.87. The van der Waals surface area contributed by atoms with Gasteiger partial charge in [0.25, 0.3) is 10.0 Å². The molecule has 2 aromatic carbocycles. The maximum atomic E-state index is 13.2. The van der Waals surface area contributed by atoms with E-state index in [0.29, 0.717) is 11.3 Å². The molecule has 0 amide bonds. The second kappa shape index (κ2) is 7.50. The third-order valence-corrected chi connectivity index (χ3v) is 6.44. The van der Waals surface area contributed by atoms with Gasteiger partial charge in [-0.15, -0.1) is 0 Å². The van der Waals surface area contributed by atoms with E-state index in [4.69, 9.17) is 4.74 Å². The number of halogens is 3. The number of allylic oxidation sites excluding steroid dienone is 1. The van der Waals surface area contributed by atoms with Gasteiger partial charge in [0, 0.05) is 6.42 Å². The molecule has 4 nitrogen and oxygen atoms in total. The van der Waals surface area contributed by atoms with Crippen molar-refractivity contribution >= 4 is 10.0 Å². The summed E-state index contributed by atoms with van der Waals surface area (Å²) in [5.74, 6) is 0. The predicted octanol–water partition coefficient (Wildman–Crippen LogP) is 4.51. The Labute approximate surface area is 162 Å². The summed E-state index contributed by atoms with van der Waals surface area (Å²) in [6.45, 7) is 3.72. The highest BCUT2D eigenvalue weighted by molar-refractivity contribution is 7.89. The summed E-state index contributed by atoms with van der Waals surface area (Å²) in [5.41, 5.74) is 0.790. The van der Waals surface area contributed by atoms with Crippen molar-refractivity contribution in [3.63, 3.8) is 0 Å². The molecule has 0 aliphatic carbocycles. The quantitative estimate of drug-likeness (QED) is 0.744. The molecule has 3 rings (SSSR count). The van der Waals surface area contributed by atoms with Crippen molar-refractivity contribution in [1.29, 1.82) is 0 Å². The van der Waals surface area contributed by atoms with Crippen molar-refractivity contribution in [1.82, 2.24) is 4.31 Å². The monoisotopic (exact) mass is 411 g/mol. The second-order valence-corrected chi connectivity index (χ2v) is 8.60. The van der Waals surface area contributed by atoms with Gasteiger partial charge < -0.3 is 4.74 Å². The minimum Gasteiger partial charge on any atom is -0.497 e. The van der Waals surface area contributed by atoms with Gasteiger partial charge >= 0.3 is 6.18 Å². The normalized spacial score (nSPS) is 17.8. The zero-order chi connectivity index (χ0) is 20.5. The molecule has 150 valence electrons. The van der Waals surface area contributed by atoms with E-state index in [2.05, 4.69) is 0 Å². The lowest BCUT2D eigenvalue weighted by Gasteiger charge is -2.35. The van der Waals surface area contributed by atoms with Crippen LogP contribution in [0.1, 0.15) is 23.6 Å².